The van der Waals surface area contributed by atoms with Crippen molar-refractivity contribution in [3.63, 3.8) is 0 Å². The molecule has 5 nitrogen and oxygen atoms in total. The second kappa shape index (κ2) is 8.85. The van der Waals surface area contributed by atoms with E-state index in [0.717, 1.165) is 16.7 Å². The molecule has 0 unspecified atom stereocenters. The molecule has 1 aliphatic heterocycles. The Bertz CT molecular complexity index is 872. The van der Waals surface area contributed by atoms with Crippen LogP contribution in [0.3, 0.4) is 0 Å². The minimum atomic E-state index is -0.257. The molecule has 0 bridgehead atoms. The summed E-state index contributed by atoms with van der Waals surface area (Å²) in [6.45, 7) is 5.75. The fourth-order valence-electron chi connectivity index (χ4n) is 3.38. The van der Waals surface area contributed by atoms with Gasteiger partial charge in [-0.3, -0.25) is 14.5 Å². The summed E-state index contributed by atoms with van der Waals surface area (Å²) < 4.78 is 5.10. The van der Waals surface area contributed by atoms with E-state index in [9.17, 15) is 9.59 Å². The molecule has 0 atom stereocenters. The van der Waals surface area contributed by atoms with E-state index in [-0.39, 0.29) is 18.4 Å². The number of likely N-dealkylation sites (N-methyl/N-ethyl adjacent to an activating group) is 1. The Hall–Kier alpha value is -2.92. The lowest BCUT2D eigenvalue weighted by atomic mass is 10.0. The maximum absolute atomic E-state index is 13.2. The maximum Gasteiger partial charge on any atom is 0.277 e. The van der Waals surface area contributed by atoms with Gasteiger partial charge in [0.15, 0.2) is 0 Å². The molecule has 3 rings (SSSR count). The van der Waals surface area contributed by atoms with Crippen molar-refractivity contribution in [3.05, 3.63) is 77.0 Å². The van der Waals surface area contributed by atoms with Crippen LogP contribution in [0.25, 0.3) is 5.57 Å². The summed E-state index contributed by atoms with van der Waals surface area (Å²) in [7, 11) is 1.56. The molecule has 2 aromatic carbocycles. The van der Waals surface area contributed by atoms with Crippen molar-refractivity contribution >= 4 is 17.4 Å². The lowest BCUT2D eigenvalue weighted by molar-refractivity contribution is -0.138. The van der Waals surface area contributed by atoms with Crippen molar-refractivity contribution in [3.8, 4) is 0 Å². The Balaban J connectivity index is 2.04. The summed E-state index contributed by atoms with van der Waals surface area (Å²) in [6.07, 6.45) is 0. The van der Waals surface area contributed by atoms with E-state index in [0.29, 0.717) is 31.0 Å². The van der Waals surface area contributed by atoms with Gasteiger partial charge in [0.1, 0.15) is 5.70 Å². The number of amides is 2. The molecule has 0 aromatic heterocycles. The van der Waals surface area contributed by atoms with E-state index in [1.54, 1.807) is 7.11 Å². The SMILES string of the molecule is CCN(Cc1ccccc1)C1=C(c2ccc(C)cc2)C(=O)N(CCOC)C1=O. The molecule has 0 N–H and O–H groups in total. The highest BCUT2D eigenvalue weighted by molar-refractivity contribution is 6.35. The molecule has 0 fully saturated rings. The molecule has 0 saturated carbocycles. The van der Waals surface area contributed by atoms with Gasteiger partial charge in [0.2, 0.25) is 0 Å². The third-order valence-electron chi connectivity index (χ3n) is 4.92. The fourth-order valence-corrected chi connectivity index (χ4v) is 3.38. The fraction of sp³-hybridized carbons (Fsp3) is 0.304. The molecule has 2 aromatic rings. The zero-order valence-corrected chi connectivity index (χ0v) is 16.6. The second-order valence-electron chi connectivity index (χ2n) is 6.84. The zero-order chi connectivity index (χ0) is 20.1. The molecule has 1 aliphatic rings. The Kier molecular flexibility index (Phi) is 6.26. The Morgan fingerprint density at radius 2 is 1.64 bits per heavy atom. The van der Waals surface area contributed by atoms with Crippen LogP contribution in [-0.4, -0.2) is 48.4 Å². The highest BCUT2D eigenvalue weighted by atomic mass is 16.5. The summed E-state index contributed by atoms with van der Waals surface area (Å²) in [5.74, 6) is -0.511. The smallest absolute Gasteiger partial charge is 0.277 e. The minimum Gasteiger partial charge on any atom is -0.383 e. The van der Waals surface area contributed by atoms with Crippen molar-refractivity contribution in [2.45, 2.75) is 20.4 Å². The van der Waals surface area contributed by atoms with Gasteiger partial charge in [-0.25, -0.2) is 0 Å². The van der Waals surface area contributed by atoms with E-state index in [4.69, 9.17) is 4.74 Å². The molecule has 5 heteroatoms. The van der Waals surface area contributed by atoms with Crippen LogP contribution in [0.2, 0.25) is 0 Å². The van der Waals surface area contributed by atoms with Crippen LogP contribution >= 0.6 is 0 Å². The van der Waals surface area contributed by atoms with Gasteiger partial charge in [-0.2, -0.15) is 0 Å². The van der Waals surface area contributed by atoms with E-state index in [2.05, 4.69) is 0 Å². The zero-order valence-electron chi connectivity index (χ0n) is 16.6. The van der Waals surface area contributed by atoms with Crippen molar-refractivity contribution in [2.24, 2.45) is 0 Å². The molecule has 2 amide bonds. The number of nitrogens with zero attached hydrogens (tertiary/aromatic N) is 2. The molecule has 1 heterocycles. The predicted molar refractivity (Wildman–Crippen MR) is 109 cm³/mol. The molecule has 146 valence electrons. The summed E-state index contributed by atoms with van der Waals surface area (Å²) in [5.41, 5.74) is 3.91. The second-order valence-corrected chi connectivity index (χ2v) is 6.84. The third-order valence-corrected chi connectivity index (χ3v) is 4.92. The van der Waals surface area contributed by atoms with Crippen LogP contribution < -0.4 is 0 Å². The Morgan fingerprint density at radius 1 is 0.964 bits per heavy atom. The van der Waals surface area contributed by atoms with Crippen LogP contribution in [0, 0.1) is 6.92 Å². The van der Waals surface area contributed by atoms with Gasteiger partial charge in [-0.05, 0) is 25.0 Å². The number of carbonyl (C=O) groups is 2. The number of aryl methyl sites for hydroxylation is 1. The van der Waals surface area contributed by atoms with Gasteiger partial charge >= 0.3 is 0 Å². The van der Waals surface area contributed by atoms with Crippen molar-refractivity contribution in [2.75, 3.05) is 26.8 Å². The Labute approximate surface area is 166 Å². The first-order chi connectivity index (χ1) is 13.6. The van der Waals surface area contributed by atoms with Crippen LogP contribution in [0.4, 0.5) is 0 Å². The quantitative estimate of drug-likeness (QED) is 0.662. The number of hydrogen-bond acceptors (Lipinski definition) is 4. The highest BCUT2D eigenvalue weighted by Crippen LogP contribution is 2.32. The number of carbonyl (C=O) groups excluding carboxylic acids is 2. The number of methoxy groups -OCH3 is 1. The van der Waals surface area contributed by atoms with Crippen LogP contribution in [-0.2, 0) is 20.9 Å². The van der Waals surface area contributed by atoms with Crippen LogP contribution in [0.15, 0.2) is 60.3 Å². The molecule has 0 radical (unpaired) electrons. The van der Waals surface area contributed by atoms with E-state index >= 15 is 0 Å². The number of hydrogen-bond donors (Lipinski definition) is 0. The summed E-state index contributed by atoms with van der Waals surface area (Å²) >= 11 is 0. The number of rotatable bonds is 8. The first-order valence-electron chi connectivity index (χ1n) is 9.52. The lowest BCUT2D eigenvalue weighted by Crippen LogP contribution is -2.37. The molecule has 0 spiro atoms. The molecule has 0 aliphatic carbocycles. The van der Waals surface area contributed by atoms with Crippen molar-refractivity contribution in [1.82, 2.24) is 9.80 Å². The van der Waals surface area contributed by atoms with Crippen molar-refractivity contribution < 1.29 is 14.3 Å². The van der Waals surface area contributed by atoms with Gasteiger partial charge in [-0.15, -0.1) is 0 Å². The first kappa shape index (κ1) is 19.8. The van der Waals surface area contributed by atoms with Crippen LogP contribution in [0.5, 0.6) is 0 Å². The molecular formula is C23H26N2O3. The van der Waals surface area contributed by atoms with E-state index < -0.39 is 0 Å². The molecule has 0 saturated heterocycles. The van der Waals surface area contributed by atoms with E-state index in [1.807, 2.05) is 73.3 Å². The first-order valence-corrected chi connectivity index (χ1v) is 9.52. The van der Waals surface area contributed by atoms with Gasteiger partial charge < -0.3 is 9.64 Å². The molecular weight excluding hydrogens is 352 g/mol. The van der Waals surface area contributed by atoms with Gasteiger partial charge in [-0.1, -0.05) is 60.2 Å². The number of ether oxygens (including phenoxy) is 1. The summed E-state index contributed by atoms with van der Waals surface area (Å²) in [6, 6.07) is 17.7. The largest absolute Gasteiger partial charge is 0.383 e. The Morgan fingerprint density at radius 3 is 2.25 bits per heavy atom. The van der Waals surface area contributed by atoms with Gasteiger partial charge in [0, 0.05) is 20.2 Å². The van der Waals surface area contributed by atoms with Crippen molar-refractivity contribution in [1.29, 1.82) is 0 Å². The summed E-state index contributed by atoms with van der Waals surface area (Å²) in [4.78, 5) is 29.6. The monoisotopic (exact) mass is 378 g/mol. The maximum atomic E-state index is 13.2. The van der Waals surface area contributed by atoms with E-state index in [1.165, 1.54) is 4.90 Å². The van der Waals surface area contributed by atoms with Crippen LogP contribution in [0.1, 0.15) is 23.6 Å². The average molecular weight is 378 g/mol. The normalized spacial score (nSPS) is 14.2. The molecule has 28 heavy (non-hydrogen) atoms. The minimum absolute atomic E-state index is 0.246. The predicted octanol–water partition coefficient (Wildman–Crippen LogP) is 3.24. The number of benzene rings is 2. The van der Waals surface area contributed by atoms with Gasteiger partial charge in [0.05, 0.1) is 18.7 Å². The third kappa shape index (κ3) is 3.99. The highest BCUT2D eigenvalue weighted by Gasteiger charge is 2.40. The standard InChI is InChI=1S/C23H26N2O3/c1-4-24(16-18-8-6-5-7-9-18)21-20(19-12-10-17(2)11-13-19)22(26)25(23(21)27)14-15-28-3/h5-13H,4,14-16H2,1-3H3. The topological polar surface area (TPSA) is 49.9 Å². The number of imide groups is 1. The summed E-state index contributed by atoms with van der Waals surface area (Å²) in [5, 5.41) is 0. The van der Waals surface area contributed by atoms with Gasteiger partial charge in [0.25, 0.3) is 11.8 Å². The average Bonchev–Trinajstić information content (AvgIpc) is 2.96. The lowest BCUT2D eigenvalue weighted by Gasteiger charge is -2.25.